The Kier molecular flexibility index (Phi) is 6.46. The summed E-state index contributed by atoms with van der Waals surface area (Å²) in [5.41, 5.74) is 18.5. The molecular formula is C57H34BNO. The van der Waals surface area contributed by atoms with Crippen molar-refractivity contribution >= 4 is 83.1 Å². The summed E-state index contributed by atoms with van der Waals surface area (Å²) in [4.78, 5) is 0. The average Bonchev–Trinajstić information content (AvgIpc) is 3.85. The van der Waals surface area contributed by atoms with Gasteiger partial charge in [-0.15, -0.1) is 0 Å². The van der Waals surface area contributed by atoms with Crippen LogP contribution in [0.2, 0.25) is 0 Å². The lowest BCUT2D eigenvalue weighted by molar-refractivity contribution is 0.668. The molecule has 4 heterocycles. The molecule has 1 unspecified atom stereocenters. The summed E-state index contributed by atoms with van der Waals surface area (Å²) in [7, 11) is 0. The number of para-hydroxylation sites is 3. The number of fused-ring (bicyclic) bond motifs is 13. The summed E-state index contributed by atoms with van der Waals surface area (Å²) in [6.07, 6.45) is 0. The molecule has 0 bridgehead atoms. The second-order valence-corrected chi connectivity index (χ2v) is 16.8. The third-order valence-corrected chi connectivity index (χ3v) is 13.6. The molecule has 12 aromatic rings. The van der Waals surface area contributed by atoms with Crippen LogP contribution in [0.25, 0.3) is 98.7 Å². The molecule has 2 nitrogen and oxygen atoms in total. The molecule has 2 aromatic heterocycles. The minimum Gasteiger partial charge on any atom is -0.456 e. The van der Waals surface area contributed by atoms with Crippen LogP contribution in [-0.4, -0.2) is 11.3 Å². The Balaban J connectivity index is 1.18. The van der Waals surface area contributed by atoms with Gasteiger partial charge in [-0.2, -0.15) is 0 Å². The fourth-order valence-electron chi connectivity index (χ4n) is 11.1. The third-order valence-electron chi connectivity index (χ3n) is 13.6. The molecule has 0 saturated carbocycles. The lowest BCUT2D eigenvalue weighted by atomic mass is 9.41. The van der Waals surface area contributed by atoms with Crippen molar-refractivity contribution in [3.63, 3.8) is 0 Å². The maximum atomic E-state index is 6.93. The zero-order chi connectivity index (χ0) is 39.1. The smallest absolute Gasteiger partial charge is 0.329 e. The number of furan rings is 1. The van der Waals surface area contributed by atoms with E-state index < -0.39 is 0 Å². The van der Waals surface area contributed by atoms with Crippen LogP contribution in [0, 0.1) is 0 Å². The SMILES string of the molecule is c1ccc(-c2cc(-c3ccccc3)cc(C3c4cc5cc6ccccc6cc5cc4B4c5c3cc3oc6ccccc6c3c5-c3cccc5c6ccccc6n4c35)c2)cc1. The highest BCUT2D eigenvalue weighted by molar-refractivity contribution is 6.88. The van der Waals surface area contributed by atoms with Gasteiger partial charge < -0.3 is 8.90 Å². The van der Waals surface area contributed by atoms with Gasteiger partial charge in [-0.3, -0.25) is 0 Å². The van der Waals surface area contributed by atoms with Gasteiger partial charge in [0.2, 0.25) is 0 Å². The molecule has 14 rings (SSSR count). The first-order valence-corrected chi connectivity index (χ1v) is 21.0. The van der Waals surface area contributed by atoms with Gasteiger partial charge in [0, 0.05) is 44.1 Å². The summed E-state index contributed by atoms with van der Waals surface area (Å²) in [5.74, 6) is -0.0767. The lowest BCUT2D eigenvalue weighted by Crippen LogP contribution is -2.57. The van der Waals surface area contributed by atoms with E-state index >= 15 is 0 Å². The van der Waals surface area contributed by atoms with E-state index in [1.165, 1.54) is 110 Å². The number of aromatic nitrogens is 1. The first-order valence-electron chi connectivity index (χ1n) is 21.0. The first kappa shape index (κ1) is 32.4. The summed E-state index contributed by atoms with van der Waals surface area (Å²) in [5, 5.41) is 9.98. The zero-order valence-corrected chi connectivity index (χ0v) is 32.6. The van der Waals surface area contributed by atoms with Gasteiger partial charge in [0.25, 0.3) is 0 Å². The minimum atomic E-state index is -0.0767. The van der Waals surface area contributed by atoms with Crippen molar-refractivity contribution in [3.8, 4) is 33.4 Å². The van der Waals surface area contributed by atoms with Crippen molar-refractivity contribution in [2.45, 2.75) is 5.92 Å². The molecule has 276 valence electrons. The standard InChI is InChI=1S/C57H34BNO/c1-3-14-34(15-4-1)38-28-39(35-16-5-2-6-17-35)30-42(29-38)53-47-31-40-26-36-18-7-8-19-37(36)27-41(40)32-49(47)58-56-48(53)33-52-54(45-21-10-12-25-51(45)60-52)55(56)46-23-13-22-44-43-20-9-11-24-50(43)59(58)57(44)46/h1-33,53H. The monoisotopic (exact) mass is 759 g/mol. The molecule has 60 heavy (non-hydrogen) atoms. The van der Waals surface area contributed by atoms with Gasteiger partial charge in [-0.25, -0.2) is 0 Å². The average molecular weight is 760 g/mol. The Labute approximate surface area is 346 Å². The predicted molar refractivity (Wildman–Crippen MR) is 252 cm³/mol. The van der Waals surface area contributed by atoms with Gasteiger partial charge in [0.05, 0.1) is 0 Å². The highest BCUT2D eigenvalue weighted by Crippen LogP contribution is 2.49. The van der Waals surface area contributed by atoms with Crippen LogP contribution in [-0.2, 0) is 0 Å². The van der Waals surface area contributed by atoms with Gasteiger partial charge in [-0.05, 0) is 113 Å². The van der Waals surface area contributed by atoms with E-state index in [2.05, 4.69) is 205 Å². The van der Waals surface area contributed by atoms with Crippen LogP contribution in [0.3, 0.4) is 0 Å². The van der Waals surface area contributed by atoms with Crippen molar-refractivity contribution in [1.82, 2.24) is 4.48 Å². The van der Waals surface area contributed by atoms with Crippen LogP contribution in [0.1, 0.15) is 22.6 Å². The summed E-state index contributed by atoms with van der Waals surface area (Å²) in [6.45, 7) is -0.0571. The van der Waals surface area contributed by atoms with Crippen LogP contribution in [0.15, 0.2) is 205 Å². The maximum Gasteiger partial charge on any atom is 0.329 e. The van der Waals surface area contributed by atoms with E-state index in [0.717, 1.165) is 16.6 Å². The molecule has 0 amide bonds. The molecule has 3 heteroatoms. The van der Waals surface area contributed by atoms with E-state index in [0.29, 0.717) is 0 Å². The fraction of sp³-hybridized carbons (Fsp3) is 0.0175. The Hall–Kier alpha value is -7.62. The van der Waals surface area contributed by atoms with Crippen molar-refractivity contribution in [1.29, 1.82) is 0 Å². The minimum absolute atomic E-state index is 0.0571. The van der Waals surface area contributed by atoms with Crippen molar-refractivity contribution in [3.05, 3.63) is 217 Å². The Morgan fingerprint density at radius 2 is 1.07 bits per heavy atom. The molecule has 0 radical (unpaired) electrons. The molecule has 2 aliphatic rings. The van der Waals surface area contributed by atoms with E-state index in [-0.39, 0.29) is 12.8 Å². The zero-order valence-electron chi connectivity index (χ0n) is 32.6. The number of hydrogen-bond donors (Lipinski definition) is 0. The van der Waals surface area contributed by atoms with Gasteiger partial charge in [0.15, 0.2) is 0 Å². The second-order valence-electron chi connectivity index (χ2n) is 16.8. The number of rotatable bonds is 3. The molecule has 0 aliphatic carbocycles. The molecule has 10 aromatic carbocycles. The highest BCUT2D eigenvalue weighted by atomic mass is 16.3. The molecule has 1 atom stereocenters. The predicted octanol–water partition coefficient (Wildman–Crippen LogP) is 13.5. The van der Waals surface area contributed by atoms with E-state index in [1.807, 2.05) is 0 Å². The molecular weight excluding hydrogens is 725 g/mol. The van der Waals surface area contributed by atoms with Crippen LogP contribution < -0.4 is 10.9 Å². The first-order chi connectivity index (χ1) is 29.7. The molecule has 0 fully saturated rings. The van der Waals surface area contributed by atoms with Crippen molar-refractivity contribution < 1.29 is 4.42 Å². The van der Waals surface area contributed by atoms with E-state index in [1.54, 1.807) is 0 Å². The van der Waals surface area contributed by atoms with Crippen LogP contribution >= 0.6 is 0 Å². The van der Waals surface area contributed by atoms with Crippen LogP contribution in [0.5, 0.6) is 0 Å². The Morgan fingerprint density at radius 3 is 1.82 bits per heavy atom. The topological polar surface area (TPSA) is 18.1 Å². The second kappa shape index (κ2) is 12.0. The van der Waals surface area contributed by atoms with Crippen molar-refractivity contribution in [2.75, 3.05) is 0 Å². The van der Waals surface area contributed by atoms with Crippen LogP contribution in [0.4, 0.5) is 0 Å². The maximum absolute atomic E-state index is 6.93. The molecule has 2 aliphatic heterocycles. The highest BCUT2D eigenvalue weighted by Gasteiger charge is 2.45. The summed E-state index contributed by atoms with van der Waals surface area (Å²) < 4.78 is 9.61. The molecule has 0 saturated heterocycles. The number of hydrogen-bond acceptors (Lipinski definition) is 1. The van der Waals surface area contributed by atoms with Gasteiger partial charge in [0.1, 0.15) is 11.2 Å². The summed E-state index contributed by atoms with van der Waals surface area (Å²) >= 11 is 0. The Bertz CT molecular complexity index is 3730. The molecule has 0 N–H and O–H groups in total. The lowest BCUT2D eigenvalue weighted by Gasteiger charge is -2.39. The quantitative estimate of drug-likeness (QED) is 0.130. The fourth-order valence-corrected chi connectivity index (χ4v) is 11.1. The normalized spacial score (nSPS) is 14.1. The van der Waals surface area contributed by atoms with Crippen molar-refractivity contribution in [2.24, 2.45) is 0 Å². The largest absolute Gasteiger partial charge is 0.456 e. The summed E-state index contributed by atoms with van der Waals surface area (Å²) in [6, 6.07) is 74.6. The number of benzene rings is 10. The van der Waals surface area contributed by atoms with Gasteiger partial charge in [-0.1, -0.05) is 164 Å². The molecule has 0 spiro atoms. The Morgan fingerprint density at radius 1 is 0.433 bits per heavy atom. The van der Waals surface area contributed by atoms with E-state index in [9.17, 15) is 0 Å². The third kappa shape index (κ3) is 4.39. The van der Waals surface area contributed by atoms with Gasteiger partial charge >= 0.3 is 6.85 Å². The van der Waals surface area contributed by atoms with E-state index in [4.69, 9.17) is 4.42 Å². The number of nitrogens with zero attached hydrogens (tertiary/aromatic N) is 1.